The van der Waals surface area contributed by atoms with E-state index in [2.05, 4.69) is 15.3 Å². The van der Waals surface area contributed by atoms with Crippen molar-refractivity contribution in [1.82, 2.24) is 5.32 Å². The maximum atomic E-state index is 12.8. The zero-order valence-corrected chi connectivity index (χ0v) is 14.1. The van der Waals surface area contributed by atoms with Gasteiger partial charge in [0.1, 0.15) is 18.7 Å². The molecule has 0 aliphatic rings. The van der Waals surface area contributed by atoms with Gasteiger partial charge in [-0.3, -0.25) is 4.79 Å². The predicted molar refractivity (Wildman–Crippen MR) is 94.5 cm³/mol. The summed E-state index contributed by atoms with van der Waals surface area (Å²) in [5.41, 5.74) is 1.45. The second-order valence-electron chi connectivity index (χ2n) is 5.30. The highest BCUT2D eigenvalue weighted by molar-refractivity contribution is 5.94. The van der Waals surface area contributed by atoms with E-state index in [-0.39, 0.29) is 11.7 Å². The van der Waals surface area contributed by atoms with Crippen molar-refractivity contribution in [2.45, 2.75) is 12.8 Å². The van der Waals surface area contributed by atoms with E-state index in [1.807, 2.05) is 0 Å². The van der Waals surface area contributed by atoms with Gasteiger partial charge >= 0.3 is 0 Å². The van der Waals surface area contributed by atoms with Crippen LogP contribution in [0, 0.1) is 5.82 Å². The van der Waals surface area contributed by atoms with Crippen LogP contribution < -0.4 is 10.1 Å². The smallest absolute Gasteiger partial charge is 0.251 e. The number of nitrogens with one attached hydrogen (secondary N) is 1. The molecule has 2 aromatic rings. The number of nitrogens with zero attached hydrogens (tertiary/aromatic N) is 1. The van der Waals surface area contributed by atoms with Crippen molar-refractivity contribution in [2.24, 2.45) is 5.16 Å². The van der Waals surface area contributed by atoms with E-state index in [0.29, 0.717) is 24.5 Å². The van der Waals surface area contributed by atoms with Crippen LogP contribution in [-0.2, 0) is 4.84 Å². The number of halogens is 1. The van der Waals surface area contributed by atoms with Crippen molar-refractivity contribution in [1.29, 1.82) is 0 Å². The fourth-order valence-electron chi connectivity index (χ4n) is 2.09. The maximum absolute atomic E-state index is 12.8. The van der Waals surface area contributed by atoms with Crippen molar-refractivity contribution < 1.29 is 18.8 Å². The minimum absolute atomic E-state index is 0.116. The van der Waals surface area contributed by atoms with Crippen LogP contribution in [0.25, 0.3) is 0 Å². The van der Waals surface area contributed by atoms with E-state index in [0.717, 1.165) is 18.4 Å². The fourth-order valence-corrected chi connectivity index (χ4v) is 2.09. The molecule has 0 aliphatic heterocycles. The number of hydrogen-bond acceptors (Lipinski definition) is 4. The normalized spacial score (nSPS) is 10.6. The van der Waals surface area contributed by atoms with Gasteiger partial charge in [-0.25, -0.2) is 4.39 Å². The van der Waals surface area contributed by atoms with E-state index in [4.69, 9.17) is 4.74 Å². The Kier molecular flexibility index (Phi) is 7.43. The lowest BCUT2D eigenvalue weighted by molar-refractivity contribution is 0.0952. The fraction of sp³-hybridized carbons (Fsp3) is 0.263. The van der Waals surface area contributed by atoms with Gasteiger partial charge in [0.05, 0.1) is 12.8 Å². The SMILES string of the molecule is CO/N=C/c1ccc(C(=O)NCCCCOc2ccc(F)cc2)cc1. The summed E-state index contributed by atoms with van der Waals surface area (Å²) in [6.07, 6.45) is 3.17. The molecule has 1 amide bonds. The Bertz CT molecular complexity index is 685. The largest absolute Gasteiger partial charge is 0.494 e. The molecule has 0 aliphatic carbocycles. The molecule has 0 heterocycles. The van der Waals surface area contributed by atoms with Crippen molar-refractivity contribution in [3.63, 3.8) is 0 Å². The summed E-state index contributed by atoms with van der Waals surface area (Å²) in [5.74, 6) is 0.242. The lowest BCUT2D eigenvalue weighted by Gasteiger charge is -2.07. The van der Waals surface area contributed by atoms with Crippen LogP contribution in [0.3, 0.4) is 0 Å². The second kappa shape index (κ2) is 10.1. The number of carbonyl (C=O) groups is 1. The van der Waals surface area contributed by atoms with Crippen molar-refractivity contribution in [3.05, 3.63) is 65.5 Å². The lowest BCUT2D eigenvalue weighted by Crippen LogP contribution is -2.24. The number of hydrogen-bond donors (Lipinski definition) is 1. The van der Waals surface area contributed by atoms with Crippen LogP contribution >= 0.6 is 0 Å². The molecule has 0 saturated heterocycles. The Hall–Kier alpha value is -2.89. The number of amides is 1. The van der Waals surface area contributed by atoms with Gasteiger partial charge in [-0.05, 0) is 54.8 Å². The topological polar surface area (TPSA) is 59.9 Å². The first-order valence-corrected chi connectivity index (χ1v) is 8.02. The Balaban J connectivity index is 1.63. The average molecular weight is 344 g/mol. The average Bonchev–Trinajstić information content (AvgIpc) is 2.64. The van der Waals surface area contributed by atoms with Crippen LogP contribution in [0.2, 0.25) is 0 Å². The van der Waals surface area contributed by atoms with Crippen molar-refractivity contribution in [3.8, 4) is 5.75 Å². The Labute approximate surface area is 146 Å². The summed E-state index contributed by atoms with van der Waals surface area (Å²) in [6, 6.07) is 13.0. The molecule has 5 nitrogen and oxygen atoms in total. The highest BCUT2D eigenvalue weighted by Gasteiger charge is 2.04. The van der Waals surface area contributed by atoms with Crippen molar-refractivity contribution in [2.75, 3.05) is 20.3 Å². The first-order valence-electron chi connectivity index (χ1n) is 8.02. The number of ether oxygens (including phenoxy) is 1. The summed E-state index contributed by atoms with van der Waals surface area (Å²) in [6.45, 7) is 1.09. The lowest BCUT2D eigenvalue weighted by atomic mass is 10.1. The maximum Gasteiger partial charge on any atom is 0.251 e. The Morgan fingerprint density at radius 1 is 1.12 bits per heavy atom. The molecule has 0 spiro atoms. The molecule has 6 heteroatoms. The molecule has 2 rings (SSSR count). The standard InChI is InChI=1S/C19H21FN2O3/c1-24-22-14-15-4-6-16(7-5-15)19(23)21-12-2-3-13-25-18-10-8-17(20)9-11-18/h4-11,14H,2-3,12-13H2,1H3,(H,21,23)/b22-14+. The van der Waals surface area contributed by atoms with Gasteiger partial charge in [-0.15, -0.1) is 0 Å². The van der Waals surface area contributed by atoms with Gasteiger partial charge in [-0.2, -0.15) is 0 Å². The summed E-state index contributed by atoms with van der Waals surface area (Å²) < 4.78 is 18.3. The van der Waals surface area contributed by atoms with Gasteiger partial charge in [0.2, 0.25) is 0 Å². The van der Waals surface area contributed by atoms with E-state index in [9.17, 15) is 9.18 Å². The summed E-state index contributed by atoms with van der Waals surface area (Å²) in [7, 11) is 1.48. The van der Waals surface area contributed by atoms with E-state index >= 15 is 0 Å². The third-order valence-electron chi connectivity index (χ3n) is 3.42. The molecule has 0 fully saturated rings. The number of carbonyl (C=O) groups excluding carboxylic acids is 1. The quantitative estimate of drug-likeness (QED) is 0.431. The molecule has 0 unspecified atom stereocenters. The van der Waals surface area contributed by atoms with Crippen LogP contribution in [0.15, 0.2) is 53.7 Å². The molecule has 0 saturated carbocycles. The van der Waals surface area contributed by atoms with Gasteiger partial charge in [0.25, 0.3) is 5.91 Å². The monoisotopic (exact) mass is 344 g/mol. The number of oxime groups is 1. The van der Waals surface area contributed by atoms with Crippen LogP contribution in [0.1, 0.15) is 28.8 Å². The Morgan fingerprint density at radius 2 is 1.84 bits per heavy atom. The number of benzene rings is 2. The molecule has 25 heavy (non-hydrogen) atoms. The Morgan fingerprint density at radius 3 is 2.52 bits per heavy atom. The molecule has 0 atom stereocenters. The van der Waals surface area contributed by atoms with E-state index < -0.39 is 0 Å². The van der Waals surface area contributed by atoms with Gasteiger partial charge in [0, 0.05) is 12.1 Å². The summed E-state index contributed by atoms with van der Waals surface area (Å²) >= 11 is 0. The second-order valence-corrected chi connectivity index (χ2v) is 5.30. The predicted octanol–water partition coefficient (Wildman–Crippen LogP) is 3.40. The van der Waals surface area contributed by atoms with Crippen LogP contribution in [0.4, 0.5) is 4.39 Å². The summed E-state index contributed by atoms with van der Waals surface area (Å²) in [4.78, 5) is 16.6. The molecule has 0 aromatic heterocycles. The highest BCUT2D eigenvalue weighted by atomic mass is 19.1. The summed E-state index contributed by atoms with van der Waals surface area (Å²) in [5, 5.41) is 6.53. The zero-order valence-electron chi connectivity index (χ0n) is 14.1. The molecule has 0 radical (unpaired) electrons. The van der Waals surface area contributed by atoms with Gasteiger partial charge in [-0.1, -0.05) is 17.3 Å². The first-order chi connectivity index (χ1) is 12.2. The third kappa shape index (κ3) is 6.63. The van der Waals surface area contributed by atoms with Gasteiger partial charge < -0.3 is 14.9 Å². The molecule has 0 bridgehead atoms. The molecule has 1 N–H and O–H groups in total. The third-order valence-corrected chi connectivity index (χ3v) is 3.42. The zero-order chi connectivity index (χ0) is 17.9. The number of rotatable bonds is 9. The minimum atomic E-state index is -0.283. The first kappa shape index (κ1) is 18.4. The molecule has 132 valence electrons. The van der Waals surface area contributed by atoms with Crippen LogP contribution in [0.5, 0.6) is 5.75 Å². The highest BCUT2D eigenvalue weighted by Crippen LogP contribution is 2.11. The van der Waals surface area contributed by atoms with Crippen LogP contribution in [-0.4, -0.2) is 32.4 Å². The number of unbranched alkanes of at least 4 members (excludes halogenated alkanes) is 1. The molecular weight excluding hydrogens is 323 g/mol. The molecule has 2 aromatic carbocycles. The molecular formula is C19H21FN2O3. The van der Waals surface area contributed by atoms with Gasteiger partial charge in [0.15, 0.2) is 0 Å². The van der Waals surface area contributed by atoms with Crippen molar-refractivity contribution >= 4 is 12.1 Å². The minimum Gasteiger partial charge on any atom is -0.494 e. The van der Waals surface area contributed by atoms with E-state index in [1.165, 1.54) is 19.2 Å². The van der Waals surface area contributed by atoms with E-state index in [1.54, 1.807) is 42.6 Å².